The molecule has 0 aliphatic heterocycles. The number of ether oxygens (including phenoxy) is 1. The molecule has 0 saturated carbocycles. The van der Waals surface area contributed by atoms with E-state index in [1.165, 1.54) is 0 Å². The Bertz CT molecular complexity index is 108. The quantitative estimate of drug-likeness (QED) is 0.545. The second-order valence-electron chi connectivity index (χ2n) is 1.31. The first-order valence-electron chi connectivity index (χ1n) is 2.27. The van der Waals surface area contributed by atoms with Gasteiger partial charge in [-0.25, -0.2) is 4.79 Å². The zero-order valence-corrected chi connectivity index (χ0v) is 4.66. The van der Waals surface area contributed by atoms with Crippen molar-refractivity contribution in [1.29, 1.82) is 0 Å². The molecule has 3 N–H and O–H groups in total. The van der Waals surface area contributed by atoms with Gasteiger partial charge in [-0.3, -0.25) is 4.79 Å². The van der Waals surface area contributed by atoms with Gasteiger partial charge in [0.2, 0.25) is 0 Å². The number of carboxylic acid groups (broad SMARTS) is 1. The summed E-state index contributed by atoms with van der Waals surface area (Å²) in [7, 11) is 0. The van der Waals surface area contributed by atoms with Crippen molar-refractivity contribution in [2.45, 2.75) is 6.42 Å². The van der Waals surface area contributed by atoms with Gasteiger partial charge in [-0.1, -0.05) is 0 Å². The van der Waals surface area contributed by atoms with Gasteiger partial charge in [-0.05, 0) is 0 Å². The molecule has 0 aliphatic rings. The van der Waals surface area contributed by atoms with E-state index in [0.29, 0.717) is 0 Å². The summed E-state index contributed by atoms with van der Waals surface area (Å²) in [6.45, 7) is -0.162. The van der Waals surface area contributed by atoms with Crippen LogP contribution in [0.2, 0.25) is 0 Å². The molecule has 9 heavy (non-hydrogen) atoms. The standard InChI is InChI=1S/C4H7NO4/c5-4(8)9-2-1-3(6)7/h1-2H2,(H2,5,8)(H,6,7). The van der Waals surface area contributed by atoms with Gasteiger partial charge in [-0.15, -0.1) is 0 Å². The summed E-state index contributed by atoms with van der Waals surface area (Å²) in [4.78, 5) is 19.5. The highest BCUT2D eigenvalue weighted by Gasteiger charge is 1.97. The first-order chi connectivity index (χ1) is 4.13. The first-order valence-corrected chi connectivity index (χ1v) is 2.27. The van der Waals surface area contributed by atoms with Crippen LogP contribution in [-0.2, 0) is 9.53 Å². The lowest BCUT2D eigenvalue weighted by atomic mass is 10.5. The van der Waals surface area contributed by atoms with Crippen LogP contribution in [0.5, 0.6) is 0 Å². The van der Waals surface area contributed by atoms with E-state index in [1.807, 2.05) is 0 Å². The SMILES string of the molecule is NC(=O)OCCC(=O)O. The van der Waals surface area contributed by atoms with Crippen molar-refractivity contribution in [3.8, 4) is 0 Å². The number of carbonyl (C=O) groups excluding carboxylic acids is 1. The van der Waals surface area contributed by atoms with Crippen molar-refractivity contribution in [3.63, 3.8) is 0 Å². The molecule has 0 rings (SSSR count). The summed E-state index contributed by atoms with van der Waals surface area (Å²) in [6, 6.07) is 0. The van der Waals surface area contributed by atoms with Crippen LogP contribution in [0.4, 0.5) is 4.79 Å². The molecular formula is C4H7NO4. The van der Waals surface area contributed by atoms with Crippen molar-refractivity contribution in [3.05, 3.63) is 0 Å². The van der Waals surface area contributed by atoms with E-state index in [2.05, 4.69) is 10.5 Å². The molecule has 52 valence electrons. The van der Waals surface area contributed by atoms with Gasteiger partial charge < -0.3 is 15.6 Å². The molecule has 5 heteroatoms. The van der Waals surface area contributed by atoms with Crippen LogP contribution in [0.3, 0.4) is 0 Å². The van der Waals surface area contributed by atoms with Crippen molar-refractivity contribution >= 4 is 12.1 Å². The second kappa shape index (κ2) is 3.71. The van der Waals surface area contributed by atoms with Crippen molar-refractivity contribution in [2.24, 2.45) is 5.73 Å². The fraction of sp³-hybridized carbons (Fsp3) is 0.500. The van der Waals surface area contributed by atoms with Crippen molar-refractivity contribution in [1.82, 2.24) is 0 Å². The zero-order chi connectivity index (χ0) is 7.28. The highest BCUT2D eigenvalue weighted by molar-refractivity contribution is 5.68. The molecule has 0 fully saturated rings. The number of aliphatic carboxylic acids is 1. The summed E-state index contributed by atoms with van der Waals surface area (Å²) in [6.07, 6.45) is -1.15. The molecule has 0 saturated heterocycles. The maximum Gasteiger partial charge on any atom is 0.404 e. The van der Waals surface area contributed by atoms with Gasteiger partial charge in [0.05, 0.1) is 6.42 Å². The molecule has 1 amide bonds. The average molecular weight is 133 g/mol. The molecule has 0 unspecified atom stereocenters. The molecule has 0 aromatic carbocycles. The molecule has 0 heterocycles. The first kappa shape index (κ1) is 7.74. The van der Waals surface area contributed by atoms with Crippen molar-refractivity contribution in [2.75, 3.05) is 6.61 Å². The van der Waals surface area contributed by atoms with Crippen LogP contribution in [0.1, 0.15) is 6.42 Å². The van der Waals surface area contributed by atoms with Gasteiger partial charge >= 0.3 is 12.1 Å². The molecule has 5 nitrogen and oxygen atoms in total. The Balaban J connectivity index is 3.10. The maximum absolute atomic E-state index is 9.79. The second-order valence-corrected chi connectivity index (χ2v) is 1.31. The lowest BCUT2D eigenvalue weighted by molar-refractivity contribution is -0.137. The smallest absolute Gasteiger partial charge is 0.404 e. The molecule has 0 atom stereocenters. The van der Waals surface area contributed by atoms with Crippen LogP contribution in [0.15, 0.2) is 0 Å². The third-order valence-corrected chi connectivity index (χ3v) is 0.560. The van der Waals surface area contributed by atoms with E-state index in [1.54, 1.807) is 0 Å². The van der Waals surface area contributed by atoms with E-state index >= 15 is 0 Å². The Morgan fingerprint density at radius 1 is 1.56 bits per heavy atom. The third kappa shape index (κ3) is 6.74. The highest BCUT2D eigenvalue weighted by Crippen LogP contribution is 1.80. The molecule has 0 radical (unpaired) electrons. The van der Waals surface area contributed by atoms with E-state index in [9.17, 15) is 9.59 Å². The maximum atomic E-state index is 9.79. The minimum Gasteiger partial charge on any atom is -0.481 e. The van der Waals surface area contributed by atoms with E-state index in [0.717, 1.165) is 0 Å². The number of rotatable bonds is 3. The Labute approximate surface area is 51.4 Å². The lowest BCUT2D eigenvalue weighted by Gasteiger charge is -1.95. The summed E-state index contributed by atoms with van der Waals surface area (Å²) >= 11 is 0. The van der Waals surface area contributed by atoms with Gasteiger partial charge in [0.1, 0.15) is 6.61 Å². The third-order valence-electron chi connectivity index (χ3n) is 0.560. The fourth-order valence-electron chi connectivity index (χ4n) is 0.239. The summed E-state index contributed by atoms with van der Waals surface area (Å²) in [5.41, 5.74) is 4.52. The monoisotopic (exact) mass is 133 g/mol. The molecule has 0 bridgehead atoms. The van der Waals surface area contributed by atoms with Gasteiger partial charge in [0.15, 0.2) is 0 Å². The number of hydrogen-bond acceptors (Lipinski definition) is 3. The molecule has 0 aromatic heterocycles. The van der Waals surface area contributed by atoms with Crippen LogP contribution < -0.4 is 5.73 Å². The summed E-state index contributed by atoms with van der Waals surface area (Å²) in [5.74, 6) is -1.02. The molecule has 0 spiro atoms. The van der Waals surface area contributed by atoms with Gasteiger partial charge in [-0.2, -0.15) is 0 Å². The summed E-state index contributed by atoms with van der Waals surface area (Å²) in [5, 5.41) is 7.99. The lowest BCUT2D eigenvalue weighted by Crippen LogP contribution is -2.15. The molecular weight excluding hydrogens is 126 g/mol. The van der Waals surface area contributed by atoms with Gasteiger partial charge in [0, 0.05) is 0 Å². The fourth-order valence-corrected chi connectivity index (χ4v) is 0.239. The Kier molecular flexibility index (Phi) is 3.19. The highest BCUT2D eigenvalue weighted by atomic mass is 16.5. The van der Waals surface area contributed by atoms with Gasteiger partial charge in [0.25, 0.3) is 0 Å². The topological polar surface area (TPSA) is 89.6 Å². The minimum absolute atomic E-state index is 0.162. The van der Waals surface area contributed by atoms with Crippen LogP contribution in [-0.4, -0.2) is 23.8 Å². The van der Waals surface area contributed by atoms with Crippen molar-refractivity contribution < 1.29 is 19.4 Å². The van der Waals surface area contributed by atoms with Crippen LogP contribution in [0, 0.1) is 0 Å². The van der Waals surface area contributed by atoms with E-state index < -0.39 is 12.1 Å². The largest absolute Gasteiger partial charge is 0.481 e. The molecule has 0 aromatic rings. The van der Waals surface area contributed by atoms with E-state index in [-0.39, 0.29) is 13.0 Å². The predicted octanol–water partition coefficient (Wildman–Crippen LogP) is -0.444. The Morgan fingerprint density at radius 2 is 2.11 bits per heavy atom. The Hall–Kier alpha value is -1.26. The molecule has 0 aliphatic carbocycles. The number of primary amides is 1. The summed E-state index contributed by atoms with van der Waals surface area (Å²) < 4.78 is 4.11. The van der Waals surface area contributed by atoms with Crippen LogP contribution in [0.25, 0.3) is 0 Å². The predicted molar refractivity (Wildman–Crippen MR) is 27.8 cm³/mol. The normalized spacial score (nSPS) is 8.44. The number of hydrogen-bond donors (Lipinski definition) is 2. The average Bonchev–Trinajstić information content (AvgIpc) is 1.63. The number of amides is 1. The number of nitrogens with two attached hydrogens (primary N) is 1. The number of carbonyl (C=O) groups is 2. The van der Waals surface area contributed by atoms with E-state index in [4.69, 9.17) is 5.11 Å². The number of carboxylic acids is 1. The minimum atomic E-state index is -1.02. The Morgan fingerprint density at radius 3 is 2.44 bits per heavy atom. The zero-order valence-electron chi connectivity index (χ0n) is 4.66. The van der Waals surface area contributed by atoms with Crippen LogP contribution >= 0.6 is 0 Å².